The van der Waals surface area contributed by atoms with Crippen molar-refractivity contribution < 1.29 is 0 Å². The van der Waals surface area contributed by atoms with Gasteiger partial charge in [0.15, 0.2) is 0 Å². The first kappa shape index (κ1) is 11.6. The number of aromatic nitrogens is 1. The van der Waals surface area contributed by atoms with Gasteiger partial charge in [0.25, 0.3) is 0 Å². The van der Waals surface area contributed by atoms with Gasteiger partial charge in [-0.1, -0.05) is 18.2 Å². The molecule has 2 nitrogen and oxygen atoms in total. The van der Waals surface area contributed by atoms with Crippen molar-refractivity contribution in [2.75, 3.05) is 5.75 Å². The molecular formula is C12H14N2S2. The van der Waals surface area contributed by atoms with E-state index in [1.165, 1.54) is 9.77 Å². The Balaban J connectivity index is 1.78. The zero-order valence-electron chi connectivity index (χ0n) is 8.87. The second-order valence-electron chi connectivity index (χ2n) is 3.56. The summed E-state index contributed by atoms with van der Waals surface area (Å²) < 4.78 is 0. The molecule has 0 spiro atoms. The van der Waals surface area contributed by atoms with Crippen LogP contribution in [0.3, 0.4) is 0 Å². The number of hydrogen-bond acceptors (Lipinski definition) is 4. The van der Waals surface area contributed by atoms with E-state index in [4.69, 9.17) is 5.73 Å². The predicted octanol–water partition coefficient (Wildman–Crippen LogP) is 2.81. The Hall–Kier alpha value is -0.840. The van der Waals surface area contributed by atoms with Crippen LogP contribution in [-0.4, -0.2) is 16.8 Å². The molecule has 2 aromatic rings. The van der Waals surface area contributed by atoms with Gasteiger partial charge in [0.2, 0.25) is 0 Å². The average molecular weight is 250 g/mol. The molecule has 1 heterocycles. The monoisotopic (exact) mass is 250 g/mol. The molecule has 0 saturated carbocycles. The fraction of sp³-hybridized carbons (Fsp3) is 0.250. The van der Waals surface area contributed by atoms with E-state index in [-0.39, 0.29) is 6.04 Å². The summed E-state index contributed by atoms with van der Waals surface area (Å²) in [6.07, 6.45) is 2.82. The van der Waals surface area contributed by atoms with E-state index in [2.05, 4.69) is 29.2 Å². The summed E-state index contributed by atoms with van der Waals surface area (Å²) in [4.78, 5) is 6.59. The van der Waals surface area contributed by atoms with Crippen LogP contribution < -0.4 is 5.73 Å². The smallest absolute Gasteiger partial charge is 0.0794 e. The van der Waals surface area contributed by atoms with E-state index >= 15 is 0 Å². The molecule has 0 amide bonds. The average Bonchev–Trinajstić information content (AvgIpc) is 2.81. The maximum absolute atomic E-state index is 6.07. The van der Waals surface area contributed by atoms with Crippen LogP contribution in [0.15, 0.2) is 46.9 Å². The summed E-state index contributed by atoms with van der Waals surface area (Å²) in [5.41, 5.74) is 7.92. The summed E-state index contributed by atoms with van der Waals surface area (Å²) in [5, 5.41) is 0. The van der Waals surface area contributed by atoms with Gasteiger partial charge in [-0.25, -0.2) is 0 Å². The molecule has 0 bridgehead atoms. The van der Waals surface area contributed by atoms with Crippen LogP contribution in [0.5, 0.6) is 0 Å². The standard InChI is InChI=1S/C12H14N2S2/c13-10(6-12-7-14-9-16-12)8-15-11-4-2-1-3-5-11/h1-5,7,9-10H,6,8,13H2. The summed E-state index contributed by atoms with van der Waals surface area (Å²) in [5.74, 6) is 0.946. The van der Waals surface area contributed by atoms with Gasteiger partial charge < -0.3 is 5.73 Å². The van der Waals surface area contributed by atoms with Gasteiger partial charge in [-0.2, -0.15) is 0 Å². The topological polar surface area (TPSA) is 38.9 Å². The molecule has 84 valence electrons. The number of nitrogens with zero attached hydrogens (tertiary/aromatic N) is 1. The zero-order chi connectivity index (χ0) is 11.2. The van der Waals surface area contributed by atoms with E-state index in [1.807, 2.05) is 29.5 Å². The van der Waals surface area contributed by atoms with Crippen LogP contribution in [-0.2, 0) is 6.42 Å². The number of thiazole rings is 1. The van der Waals surface area contributed by atoms with Crippen molar-refractivity contribution in [3.05, 3.63) is 46.9 Å². The molecule has 0 aliphatic rings. The molecule has 0 aliphatic carbocycles. The first-order valence-electron chi connectivity index (χ1n) is 5.15. The van der Waals surface area contributed by atoms with Crippen LogP contribution in [0, 0.1) is 0 Å². The number of rotatable bonds is 5. The molecule has 2 rings (SSSR count). The van der Waals surface area contributed by atoms with Crippen LogP contribution in [0.4, 0.5) is 0 Å². The van der Waals surface area contributed by atoms with Gasteiger partial charge in [0.05, 0.1) is 5.51 Å². The van der Waals surface area contributed by atoms with Gasteiger partial charge in [-0.3, -0.25) is 4.98 Å². The lowest BCUT2D eigenvalue weighted by molar-refractivity contribution is 0.756. The van der Waals surface area contributed by atoms with Crippen LogP contribution in [0.1, 0.15) is 4.88 Å². The molecule has 1 atom stereocenters. The third-order valence-corrected chi connectivity index (χ3v) is 4.16. The molecule has 2 N–H and O–H groups in total. The Morgan fingerprint density at radius 1 is 1.31 bits per heavy atom. The van der Waals surface area contributed by atoms with Gasteiger partial charge >= 0.3 is 0 Å². The third kappa shape index (κ3) is 3.63. The molecule has 0 radical (unpaired) electrons. The maximum atomic E-state index is 6.07. The fourth-order valence-corrected chi connectivity index (χ4v) is 2.94. The number of thioether (sulfide) groups is 1. The third-order valence-electron chi connectivity index (χ3n) is 2.15. The van der Waals surface area contributed by atoms with Crippen molar-refractivity contribution >= 4 is 23.1 Å². The lowest BCUT2D eigenvalue weighted by Crippen LogP contribution is -2.25. The summed E-state index contributed by atoms with van der Waals surface area (Å²) in [6.45, 7) is 0. The Bertz CT molecular complexity index is 400. The minimum Gasteiger partial charge on any atom is -0.327 e. The second kappa shape index (κ2) is 6.03. The Kier molecular flexibility index (Phi) is 4.39. The number of nitrogens with two attached hydrogens (primary N) is 1. The molecular weight excluding hydrogens is 236 g/mol. The van der Waals surface area contributed by atoms with Crippen molar-refractivity contribution in [3.8, 4) is 0 Å². The summed E-state index contributed by atoms with van der Waals surface area (Å²) in [7, 11) is 0. The number of benzene rings is 1. The quantitative estimate of drug-likeness (QED) is 0.829. The SMILES string of the molecule is NC(CSc1ccccc1)Cc1cncs1. The maximum Gasteiger partial charge on any atom is 0.0794 e. The van der Waals surface area contributed by atoms with Gasteiger partial charge in [-0.15, -0.1) is 23.1 Å². The second-order valence-corrected chi connectivity index (χ2v) is 5.62. The molecule has 1 unspecified atom stereocenters. The predicted molar refractivity (Wildman–Crippen MR) is 71.0 cm³/mol. The van der Waals surface area contributed by atoms with Gasteiger partial charge in [0, 0.05) is 27.8 Å². The van der Waals surface area contributed by atoms with E-state index in [1.54, 1.807) is 11.3 Å². The van der Waals surface area contributed by atoms with Gasteiger partial charge in [0.1, 0.15) is 0 Å². The van der Waals surface area contributed by atoms with Crippen molar-refractivity contribution in [2.24, 2.45) is 5.73 Å². The lowest BCUT2D eigenvalue weighted by atomic mass is 10.2. The van der Waals surface area contributed by atoms with Crippen molar-refractivity contribution in [3.63, 3.8) is 0 Å². The first-order valence-corrected chi connectivity index (χ1v) is 7.02. The van der Waals surface area contributed by atoms with E-state index in [9.17, 15) is 0 Å². The number of hydrogen-bond donors (Lipinski definition) is 1. The highest BCUT2D eigenvalue weighted by atomic mass is 32.2. The minimum atomic E-state index is 0.200. The van der Waals surface area contributed by atoms with Crippen molar-refractivity contribution in [2.45, 2.75) is 17.4 Å². The highest BCUT2D eigenvalue weighted by Gasteiger charge is 2.05. The Morgan fingerprint density at radius 3 is 2.81 bits per heavy atom. The highest BCUT2D eigenvalue weighted by Crippen LogP contribution is 2.19. The van der Waals surface area contributed by atoms with Gasteiger partial charge in [-0.05, 0) is 18.6 Å². The molecule has 4 heteroatoms. The van der Waals surface area contributed by atoms with E-state index in [0.29, 0.717) is 0 Å². The Labute approximate surface area is 104 Å². The van der Waals surface area contributed by atoms with E-state index < -0.39 is 0 Å². The highest BCUT2D eigenvalue weighted by molar-refractivity contribution is 7.99. The summed E-state index contributed by atoms with van der Waals surface area (Å²) >= 11 is 3.48. The normalized spacial score (nSPS) is 12.6. The Morgan fingerprint density at radius 2 is 2.12 bits per heavy atom. The first-order chi connectivity index (χ1) is 7.84. The molecule has 1 aromatic heterocycles. The summed E-state index contributed by atoms with van der Waals surface area (Å²) in [6, 6.07) is 10.6. The van der Waals surface area contributed by atoms with Crippen LogP contribution in [0.2, 0.25) is 0 Å². The van der Waals surface area contributed by atoms with Crippen molar-refractivity contribution in [1.29, 1.82) is 0 Å². The van der Waals surface area contributed by atoms with E-state index in [0.717, 1.165) is 12.2 Å². The molecule has 0 aliphatic heterocycles. The zero-order valence-corrected chi connectivity index (χ0v) is 10.5. The van der Waals surface area contributed by atoms with Crippen molar-refractivity contribution in [1.82, 2.24) is 4.98 Å². The lowest BCUT2D eigenvalue weighted by Gasteiger charge is -2.09. The molecule has 0 fully saturated rings. The molecule has 1 aromatic carbocycles. The van der Waals surface area contributed by atoms with Crippen LogP contribution >= 0.6 is 23.1 Å². The molecule has 16 heavy (non-hydrogen) atoms. The molecule has 0 saturated heterocycles. The largest absolute Gasteiger partial charge is 0.327 e. The fourth-order valence-electron chi connectivity index (χ4n) is 1.38. The minimum absolute atomic E-state index is 0.200. The van der Waals surface area contributed by atoms with Crippen LogP contribution in [0.25, 0.3) is 0 Å².